The number of hydrogen-bond acceptors (Lipinski definition) is 3. The van der Waals surface area contributed by atoms with Gasteiger partial charge in [0.2, 0.25) is 0 Å². The highest BCUT2D eigenvalue weighted by Crippen LogP contribution is 2.37. The highest BCUT2D eigenvalue weighted by atomic mass is 19.4. The van der Waals surface area contributed by atoms with Crippen LogP contribution in [-0.2, 0) is 17.1 Å². The van der Waals surface area contributed by atoms with Gasteiger partial charge in [-0.05, 0) is 48.4 Å². The van der Waals surface area contributed by atoms with Crippen molar-refractivity contribution < 1.29 is 40.6 Å². The van der Waals surface area contributed by atoms with E-state index in [-0.39, 0.29) is 17.9 Å². The molecular weight excluding hydrogens is 419 g/mol. The fourth-order valence-electron chi connectivity index (χ4n) is 2.69. The first kappa shape index (κ1) is 24.1. The first-order chi connectivity index (χ1) is 13.9. The van der Waals surface area contributed by atoms with Gasteiger partial charge in [-0.2, -0.15) is 26.3 Å². The number of benzene rings is 2. The summed E-state index contributed by atoms with van der Waals surface area (Å²) in [6.45, 7) is 3.39. The summed E-state index contributed by atoms with van der Waals surface area (Å²) < 4.78 is 92.0. The summed E-state index contributed by atoms with van der Waals surface area (Å²) in [5.41, 5.74) is -2.19. The second-order valence-corrected chi connectivity index (χ2v) is 6.65. The summed E-state index contributed by atoms with van der Waals surface area (Å²) in [6.07, 6.45) is -11.2. The normalized spacial score (nSPS) is 18.4. The molecular formula is C20H20F7NO2. The van der Waals surface area contributed by atoms with Crippen LogP contribution in [-0.4, -0.2) is 24.9 Å². The zero-order valence-corrected chi connectivity index (χ0v) is 15.8. The molecule has 1 aliphatic heterocycles. The number of aliphatic hydroxyl groups excluding tert-OH is 1. The Morgan fingerprint density at radius 1 is 0.967 bits per heavy atom. The Balaban J connectivity index is 0.000000220. The van der Waals surface area contributed by atoms with E-state index < -0.39 is 35.1 Å². The fraction of sp³-hybridized carbons (Fsp3) is 0.400. The predicted molar refractivity (Wildman–Crippen MR) is 95.0 cm³/mol. The van der Waals surface area contributed by atoms with Gasteiger partial charge in [0.15, 0.2) is 0 Å². The van der Waals surface area contributed by atoms with E-state index in [0.29, 0.717) is 18.7 Å². The lowest BCUT2D eigenvalue weighted by Crippen LogP contribution is -2.34. The molecule has 1 unspecified atom stereocenters. The van der Waals surface area contributed by atoms with Gasteiger partial charge in [0, 0.05) is 6.54 Å². The van der Waals surface area contributed by atoms with Gasteiger partial charge >= 0.3 is 12.4 Å². The van der Waals surface area contributed by atoms with Crippen molar-refractivity contribution in [3.63, 3.8) is 0 Å². The largest absolute Gasteiger partial charge is 0.416 e. The van der Waals surface area contributed by atoms with Crippen molar-refractivity contribution in [2.45, 2.75) is 31.4 Å². The van der Waals surface area contributed by atoms with E-state index in [9.17, 15) is 30.7 Å². The minimum atomic E-state index is -4.88. The molecule has 0 saturated carbocycles. The van der Waals surface area contributed by atoms with Crippen LogP contribution in [0.1, 0.15) is 41.3 Å². The van der Waals surface area contributed by atoms with Crippen molar-refractivity contribution >= 4 is 0 Å². The summed E-state index contributed by atoms with van der Waals surface area (Å²) >= 11 is 0. The molecule has 2 aromatic rings. The fourth-order valence-corrected chi connectivity index (χ4v) is 2.69. The third kappa shape index (κ3) is 6.96. The van der Waals surface area contributed by atoms with Crippen LogP contribution in [0.2, 0.25) is 0 Å². The number of halogens is 7. The number of alkyl halides is 6. The van der Waals surface area contributed by atoms with Crippen molar-refractivity contribution in [1.82, 2.24) is 5.32 Å². The maximum atomic E-state index is 12.6. The molecule has 0 aromatic heterocycles. The van der Waals surface area contributed by atoms with Crippen LogP contribution in [0.4, 0.5) is 30.7 Å². The molecule has 1 fully saturated rings. The number of rotatable bonds is 2. The molecule has 3 nitrogen and oxygen atoms in total. The summed E-state index contributed by atoms with van der Waals surface area (Å²) in [7, 11) is 0. The van der Waals surface area contributed by atoms with E-state index in [4.69, 9.17) is 9.84 Å². The Morgan fingerprint density at radius 2 is 1.50 bits per heavy atom. The first-order valence-corrected chi connectivity index (χ1v) is 8.92. The van der Waals surface area contributed by atoms with Gasteiger partial charge in [-0.3, -0.25) is 0 Å². The monoisotopic (exact) mass is 439 g/mol. The predicted octanol–water partition coefficient (Wildman–Crippen LogP) is 5.26. The summed E-state index contributed by atoms with van der Waals surface area (Å²) in [5, 5.41) is 12.4. The number of nitrogens with one attached hydrogen (secondary N) is 1. The molecule has 2 aromatic carbocycles. The van der Waals surface area contributed by atoms with E-state index in [1.165, 1.54) is 12.1 Å². The quantitative estimate of drug-likeness (QED) is 0.627. The lowest BCUT2D eigenvalue weighted by Gasteiger charge is -2.23. The van der Waals surface area contributed by atoms with Crippen LogP contribution in [0.5, 0.6) is 0 Å². The Bertz CT molecular complexity index is 779. The molecule has 3 rings (SSSR count). The third-order valence-electron chi connectivity index (χ3n) is 4.29. The lowest BCUT2D eigenvalue weighted by molar-refractivity contribution is -0.143. The summed E-state index contributed by atoms with van der Waals surface area (Å²) in [4.78, 5) is 0. The third-order valence-corrected chi connectivity index (χ3v) is 4.29. The SMILES string of the molecule is C[C@@H](O)c1cc(C(F)(F)F)cc(C(F)(F)F)c1.Fc1ccc(C2COCCN2)cc1. The maximum absolute atomic E-state index is 12.6. The van der Waals surface area contributed by atoms with Crippen molar-refractivity contribution in [3.05, 3.63) is 70.5 Å². The molecule has 10 heteroatoms. The molecule has 2 atom stereocenters. The van der Waals surface area contributed by atoms with Gasteiger partial charge in [-0.25, -0.2) is 4.39 Å². The van der Waals surface area contributed by atoms with Gasteiger partial charge < -0.3 is 15.2 Å². The Labute approximate surface area is 168 Å². The zero-order valence-electron chi connectivity index (χ0n) is 15.8. The van der Waals surface area contributed by atoms with Crippen molar-refractivity contribution in [3.8, 4) is 0 Å². The first-order valence-electron chi connectivity index (χ1n) is 8.92. The Hall–Kier alpha value is -2.17. The van der Waals surface area contributed by atoms with Gasteiger partial charge in [0.1, 0.15) is 5.82 Å². The topological polar surface area (TPSA) is 41.5 Å². The molecule has 1 heterocycles. The second kappa shape index (κ2) is 9.76. The van der Waals surface area contributed by atoms with E-state index in [0.717, 1.165) is 25.6 Å². The molecule has 1 aliphatic rings. The Morgan fingerprint density at radius 3 is 1.90 bits per heavy atom. The van der Waals surface area contributed by atoms with Crippen molar-refractivity contribution in [2.75, 3.05) is 19.8 Å². The number of morpholine rings is 1. The van der Waals surface area contributed by atoms with Crippen LogP contribution in [0, 0.1) is 5.82 Å². The van der Waals surface area contributed by atoms with Crippen LogP contribution in [0.3, 0.4) is 0 Å². The standard InChI is InChI=1S/C10H8F6O.C10H12FNO/c1-5(17)6-2-7(9(11,12)13)4-8(3-6)10(14,15)16;11-9-3-1-8(2-4-9)10-7-13-6-5-12-10/h2-5,17H,1H3;1-4,10,12H,5-7H2/t5-;/m1./s1. The molecule has 30 heavy (non-hydrogen) atoms. The molecule has 0 spiro atoms. The van der Waals surface area contributed by atoms with Gasteiger partial charge in [0.25, 0.3) is 0 Å². The molecule has 0 radical (unpaired) electrons. The zero-order chi connectivity index (χ0) is 22.5. The molecule has 166 valence electrons. The minimum Gasteiger partial charge on any atom is -0.389 e. The molecule has 1 saturated heterocycles. The van der Waals surface area contributed by atoms with Gasteiger partial charge in [0.05, 0.1) is 36.5 Å². The van der Waals surface area contributed by atoms with Crippen LogP contribution < -0.4 is 5.32 Å². The van der Waals surface area contributed by atoms with Crippen LogP contribution in [0.15, 0.2) is 42.5 Å². The minimum absolute atomic E-state index is 0.0197. The van der Waals surface area contributed by atoms with E-state index in [1.807, 2.05) is 0 Å². The van der Waals surface area contributed by atoms with Crippen LogP contribution >= 0.6 is 0 Å². The van der Waals surface area contributed by atoms with Gasteiger partial charge in [-0.1, -0.05) is 12.1 Å². The van der Waals surface area contributed by atoms with Crippen LogP contribution in [0.25, 0.3) is 0 Å². The highest BCUT2D eigenvalue weighted by Gasteiger charge is 2.37. The lowest BCUT2D eigenvalue weighted by atomic mass is 10.0. The molecule has 2 N–H and O–H groups in total. The summed E-state index contributed by atoms with van der Waals surface area (Å²) in [6, 6.07) is 7.78. The molecule has 0 amide bonds. The smallest absolute Gasteiger partial charge is 0.389 e. The van der Waals surface area contributed by atoms with E-state index in [2.05, 4.69) is 5.32 Å². The van der Waals surface area contributed by atoms with E-state index in [1.54, 1.807) is 12.1 Å². The highest BCUT2D eigenvalue weighted by molar-refractivity contribution is 5.34. The maximum Gasteiger partial charge on any atom is 0.416 e. The summed E-state index contributed by atoms with van der Waals surface area (Å²) in [5.74, 6) is -0.194. The van der Waals surface area contributed by atoms with E-state index >= 15 is 0 Å². The number of ether oxygens (including phenoxy) is 1. The van der Waals surface area contributed by atoms with Gasteiger partial charge in [-0.15, -0.1) is 0 Å². The average molecular weight is 439 g/mol. The van der Waals surface area contributed by atoms with Crippen molar-refractivity contribution in [1.29, 1.82) is 0 Å². The number of aliphatic hydroxyl groups is 1. The number of hydrogen-bond donors (Lipinski definition) is 2. The second-order valence-electron chi connectivity index (χ2n) is 6.65. The van der Waals surface area contributed by atoms with Crippen molar-refractivity contribution in [2.24, 2.45) is 0 Å². The Kier molecular flexibility index (Phi) is 7.84. The average Bonchev–Trinajstić information content (AvgIpc) is 2.68. The molecule has 0 bridgehead atoms. The molecule has 0 aliphatic carbocycles.